The lowest BCUT2D eigenvalue weighted by Gasteiger charge is -2.19. The van der Waals surface area contributed by atoms with Gasteiger partial charge in [-0.3, -0.25) is 18.6 Å². The summed E-state index contributed by atoms with van der Waals surface area (Å²) in [7, 11) is -4.37. The first-order chi connectivity index (χ1) is 21.8. The molecule has 2 unspecified atom stereocenters. The molecule has 0 heterocycles. The van der Waals surface area contributed by atoms with E-state index in [1.54, 1.807) is 0 Å². The molecule has 0 rings (SSSR count). The summed E-state index contributed by atoms with van der Waals surface area (Å²) in [5.41, 5.74) is 5.32. The maximum atomic E-state index is 12.5. The minimum Gasteiger partial charge on any atom is -0.462 e. The van der Waals surface area contributed by atoms with Crippen LogP contribution in [0.15, 0.2) is 24.3 Å². The van der Waals surface area contributed by atoms with Gasteiger partial charge >= 0.3 is 19.8 Å². The maximum Gasteiger partial charge on any atom is 0.472 e. The molecule has 9 nitrogen and oxygen atoms in total. The predicted octanol–water partition coefficient (Wildman–Crippen LogP) is 9.27. The van der Waals surface area contributed by atoms with Crippen LogP contribution in [0.3, 0.4) is 0 Å². The minimum atomic E-state index is -4.37. The summed E-state index contributed by atoms with van der Waals surface area (Å²) < 4.78 is 32.5. The van der Waals surface area contributed by atoms with Crippen molar-refractivity contribution in [3.05, 3.63) is 24.3 Å². The fourth-order valence-corrected chi connectivity index (χ4v) is 5.39. The van der Waals surface area contributed by atoms with Gasteiger partial charge in [-0.05, 0) is 57.8 Å². The number of carbonyl (C=O) groups excluding carboxylic acids is 2. The van der Waals surface area contributed by atoms with Crippen LogP contribution >= 0.6 is 7.82 Å². The molecule has 0 saturated carbocycles. The van der Waals surface area contributed by atoms with Crippen LogP contribution < -0.4 is 5.73 Å². The van der Waals surface area contributed by atoms with E-state index in [-0.39, 0.29) is 32.6 Å². The van der Waals surface area contributed by atoms with E-state index in [2.05, 4.69) is 38.2 Å². The SMILES string of the molecule is CCC/C=C\CCCCCCCC(=O)OCC(COP(=O)(O)OCCN)OC(=O)CCCCCCC/C=C\CCCCCCC. The smallest absolute Gasteiger partial charge is 0.462 e. The van der Waals surface area contributed by atoms with E-state index in [0.717, 1.165) is 77.0 Å². The van der Waals surface area contributed by atoms with E-state index in [4.69, 9.17) is 24.3 Å². The molecule has 0 radical (unpaired) electrons. The average Bonchev–Trinajstić information content (AvgIpc) is 3.02. The van der Waals surface area contributed by atoms with Gasteiger partial charge in [0.15, 0.2) is 6.10 Å². The van der Waals surface area contributed by atoms with Crippen molar-refractivity contribution in [1.82, 2.24) is 0 Å². The summed E-state index contributed by atoms with van der Waals surface area (Å²) >= 11 is 0. The number of nitrogens with two attached hydrogens (primary N) is 1. The molecule has 0 aliphatic heterocycles. The Bertz CT molecular complexity index is 805. The second-order valence-corrected chi connectivity index (χ2v) is 13.2. The molecule has 0 bridgehead atoms. The van der Waals surface area contributed by atoms with Gasteiger partial charge in [-0.25, -0.2) is 4.57 Å². The second kappa shape index (κ2) is 32.4. The number of phosphoric ester groups is 1. The van der Waals surface area contributed by atoms with Crippen LogP contribution in [0.1, 0.15) is 155 Å². The molecule has 0 aliphatic rings. The summed E-state index contributed by atoms with van der Waals surface area (Å²) in [5.74, 6) is -0.853. The van der Waals surface area contributed by atoms with Crippen LogP contribution in [-0.4, -0.2) is 49.3 Å². The average molecular weight is 660 g/mol. The molecule has 0 fully saturated rings. The quantitative estimate of drug-likeness (QED) is 0.0306. The van der Waals surface area contributed by atoms with Gasteiger partial charge < -0.3 is 20.1 Å². The highest BCUT2D eigenvalue weighted by Gasteiger charge is 2.25. The molecule has 0 aromatic heterocycles. The molecule has 0 amide bonds. The monoisotopic (exact) mass is 659 g/mol. The molecule has 0 aromatic rings. The largest absolute Gasteiger partial charge is 0.472 e. The number of rotatable bonds is 33. The summed E-state index contributed by atoms with van der Waals surface area (Å²) in [5, 5.41) is 0. The third-order valence-corrected chi connectivity index (χ3v) is 8.27. The molecule has 10 heteroatoms. The number of allylic oxidation sites excluding steroid dienone is 4. The number of hydrogen-bond donors (Lipinski definition) is 2. The third-order valence-electron chi connectivity index (χ3n) is 7.29. The van der Waals surface area contributed by atoms with Crippen LogP contribution in [0.2, 0.25) is 0 Å². The van der Waals surface area contributed by atoms with Crippen molar-refractivity contribution in [2.45, 2.75) is 161 Å². The van der Waals surface area contributed by atoms with Crippen molar-refractivity contribution in [1.29, 1.82) is 0 Å². The molecule has 0 aromatic carbocycles. The van der Waals surface area contributed by atoms with E-state index in [0.29, 0.717) is 6.42 Å². The molecule has 0 spiro atoms. The first kappa shape index (κ1) is 43.5. The molecular weight excluding hydrogens is 593 g/mol. The minimum absolute atomic E-state index is 0.0514. The highest BCUT2D eigenvalue weighted by atomic mass is 31.2. The lowest BCUT2D eigenvalue weighted by molar-refractivity contribution is -0.161. The Morgan fingerprint density at radius 3 is 1.67 bits per heavy atom. The number of unbranched alkanes of at least 4 members (excludes halogenated alkanes) is 16. The number of phosphoric acid groups is 1. The summed E-state index contributed by atoms with van der Waals surface area (Å²) in [6, 6.07) is 0. The molecular formula is C35H66NO8P. The lowest BCUT2D eigenvalue weighted by atomic mass is 10.1. The molecule has 0 aliphatic carbocycles. The van der Waals surface area contributed by atoms with Gasteiger partial charge in [0.2, 0.25) is 0 Å². The molecule has 3 N–H and O–H groups in total. The van der Waals surface area contributed by atoms with Gasteiger partial charge in [-0.15, -0.1) is 0 Å². The summed E-state index contributed by atoms with van der Waals surface area (Å²) in [6.07, 6.45) is 30.7. The number of esters is 2. The van der Waals surface area contributed by atoms with E-state index in [1.165, 1.54) is 44.9 Å². The topological polar surface area (TPSA) is 134 Å². The lowest BCUT2D eigenvalue weighted by Crippen LogP contribution is -2.29. The van der Waals surface area contributed by atoms with Crippen molar-refractivity contribution >= 4 is 19.8 Å². The fraction of sp³-hybridized carbons (Fsp3) is 0.829. The zero-order chi connectivity index (χ0) is 33.3. The highest BCUT2D eigenvalue weighted by molar-refractivity contribution is 7.47. The van der Waals surface area contributed by atoms with Gasteiger partial charge in [0.1, 0.15) is 6.61 Å². The van der Waals surface area contributed by atoms with Crippen LogP contribution in [-0.2, 0) is 32.7 Å². The molecule has 0 saturated heterocycles. The first-order valence-electron chi connectivity index (χ1n) is 17.8. The van der Waals surface area contributed by atoms with Gasteiger partial charge in [0.25, 0.3) is 0 Å². The Kier molecular flexibility index (Phi) is 31.3. The highest BCUT2D eigenvalue weighted by Crippen LogP contribution is 2.43. The molecule has 45 heavy (non-hydrogen) atoms. The van der Waals surface area contributed by atoms with Crippen LogP contribution in [0.25, 0.3) is 0 Å². The van der Waals surface area contributed by atoms with Gasteiger partial charge in [0, 0.05) is 19.4 Å². The number of carbonyl (C=O) groups is 2. The van der Waals surface area contributed by atoms with E-state index in [1.807, 2.05) is 0 Å². The zero-order valence-electron chi connectivity index (χ0n) is 28.6. The van der Waals surface area contributed by atoms with E-state index in [9.17, 15) is 19.0 Å². The normalized spacial score (nSPS) is 13.8. The van der Waals surface area contributed by atoms with Crippen molar-refractivity contribution in [3.8, 4) is 0 Å². The Balaban J connectivity index is 4.28. The standard InChI is InChI=1S/C35H66NO8P/c1-3-5-7-9-11-13-15-16-17-18-20-22-24-26-28-35(38)44-33(32-43-45(39,40)42-30-29-36)31-41-34(37)27-25-23-21-19-14-12-10-8-6-4-2/h8,10,15-16,33H,3-7,9,11-14,17-32,36H2,1-2H3,(H,39,40)/b10-8-,16-15-. The van der Waals surface area contributed by atoms with Gasteiger partial charge in [-0.2, -0.15) is 0 Å². The van der Waals surface area contributed by atoms with Gasteiger partial charge in [-0.1, -0.05) is 109 Å². The number of hydrogen-bond acceptors (Lipinski definition) is 8. The van der Waals surface area contributed by atoms with Gasteiger partial charge in [0.05, 0.1) is 13.2 Å². The first-order valence-corrected chi connectivity index (χ1v) is 19.3. The predicted molar refractivity (Wildman–Crippen MR) is 183 cm³/mol. The third kappa shape index (κ3) is 32.2. The van der Waals surface area contributed by atoms with Crippen LogP contribution in [0.4, 0.5) is 0 Å². The molecule has 2 atom stereocenters. The van der Waals surface area contributed by atoms with E-state index < -0.39 is 32.5 Å². The molecule has 264 valence electrons. The second-order valence-electron chi connectivity index (χ2n) is 11.7. The fourth-order valence-electron chi connectivity index (χ4n) is 4.63. The Hall–Kier alpha value is -1.51. The van der Waals surface area contributed by atoms with Crippen molar-refractivity contribution in [2.75, 3.05) is 26.4 Å². The van der Waals surface area contributed by atoms with E-state index >= 15 is 0 Å². The Labute approximate surface area is 274 Å². The van der Waals surface area contributed by atoms with Crippen molar-refractivity contribution in [2.24, 2.45) is 5.73 Å². The van der Waals surface area contributed by atoms with Crippen LogP contribution in [0.5, 0.6) is 0 Å². The Morgan fingerprint density at radius 1 is 0.644 bits per heavy atom. The summed E-state index contributed by atoms with van der Waals surface area (Å²) in [6.45, 7) is 3.62. The van der Waals surface area contributed by atoms with Crippen LogP contribution in [0, 0.1) is 0 Å². The maximum absolute atomic E-state index is 12.5. The summed E-state index contributed by atoms with van der Waals surface area (Å²) in [4.78, 5) is 34.6. The number of ether oxygens (including phenoxy) is 2. The van der Waals surface area contributed by atoms with Crippen molar-refractivity contribution in [3.63, 3.8) is 0 Å². The zero-order valence-corrected chi connectivity index (χ0v) is 29.5. The Morgan fingerprint density at radius 2 is 1.13 bits per heavy atom. The van der Waals surface area contributed by atoms with Crippen molar-refractivity contribution < 1.29 is 37.6 Å².